The van der Waals surface area contributed by atoms with Gasteiger partial charge < -0.3 is 4.74 Å². The van der Waals surface area contributed by atoms with Crippen molar-refractivity contribution in [3.05, 3.63) is 0 Å². The third-order valence-corrected chi connectivity index (χ3v) is 2.11. The van der Waals surface area contributed by atoms with Gasteiger partial charge in [0.05, 0.1) is 12.7 Å². The van der Waals surface area contributed by atoms with Crippen LogP contribution < -0.4 is 0 Å². The highest BCUT2D eigenvalue weighted by Gasteiger charge is 2.12. The predicted octanol–water partition coefficient (Wildman–Crippen LogP) is 0.840. The molecule has 0 N–H and O–H groups in total. The van der Waals surface area contributed by atoms with Gasteiger partial charge in [-0.1, -0.05) is 0 Å². The molecule has 12 heavy (non-hydrogen) atoms. The van der Waals surface area contributed by atoms with E-state index >= 15 is 0 Å². The molecule has 0 aromatic rings. The third-order valence-electron chi connectivity index (χ3n) is 1.87. The van der Waals surface area contributed by atoms with Crippen LogP contribution in [-0.4, -0.2) is 43.1 Å². The second-order valence-electron chi connectivity index (χ2n) is 2.86. The maximum Gasteiger partial charge on any atom is 0.133 e. The highest BCUT2D eigenvalue weighted by atomic mass is 35.5. The van der Waals surface area contributed by atoms with Gasteiger partial charge in [-0.15, -0.1) is 11.6 Å². The van der Waals surface area contributed by atoms with Crippen LogP contribution >= 0.6 is 11.6 Å². The van der Waals surface area contributed by atoms with Crippen molar-refractivity contribution in [2.75, 3.05) is 32.8 Å². The van der Waals surface area contributed by atoms with E-state index < -0.39 is 0 Å². The average Bonchev–Trinajstić information content (AvgIpc) is 2.33. The Morgan fingerprint density at radius 1 is 1.50 bits per heavy atom. The number of nitrogens with zero attached hydrogens (tertiary/aromatic N) is 2. The lowest BCUT2D eigenvalue weighted by Crippen LogP contribution is -2.31. The summed E-state index contributed by atoms with van der Waals surface area (Å²) in [6.07, 6.45) is 1.04. The maximum atomic E-state index is 8.50. The van der Waals surface area contributed by atoms with E-state index in [0.717, 1.165) is 32.7 Å². The molecular weight excluding hydrogens is 176 g/mol. The molecule has 0 amide bonds. The summed E-state index contributed by atoms with van der Waals surface area (Å²) < 4.78 is 5.27. The molecule has 3 nitrogen and oxygen atoms in total. The molecule has 0 aromatic carbocycles. The number of hydrogen-bond acceptors (Lipinski definition) is 3. The van der Waals surface area contributed by atoms with Gasteiger partial charge in [-0.05, 0) is 6.42 Å². The van der Waals surface area contributed by atoms with Crippen LogP contribution in [0.5, 0.6) is 0 Å². The topological polar surface area (TPSA) is 36.3 Å². The monoisotopic (exact) mass is 188 g/mol. The van der Waals surface area contributed by atoms with E-state index in [2.05, 4.69) is 4.90 Å². The van der Waals surface area contributed by atoms with E-state index in [0.29, 0.717) is 6.54 Å². The fraction of sp³-hybridized carbons (Fsp3) is 0.875. The molecule has 0 radical (unpaired) electrons. The third kappa shape index (κ3) is 3.40. The molecule has 0 aromatic heterocycles. The van der Waals surface area contributed by atoms with Crippen molar-refractivity contribution in [2.45, 2.75) is 11.8 Å². The summed E-state index contributed by atoms with van der Waals surface area (Å²) in [6.45, 7) is 4.13. The summed E-state index contributed by atoms with van der Waals surface area (Å²) in [7, 11) is 0. The highest BCUT2D eigenvalue weighted by Crippen LogP contribution is 2.03. The van der Waals surface area contributed by atoms with Gasteiger partial charge in [-0.2, -0.15) is 5.26 Å². The summed E-state index contributed by atoms with van der Waals surface area (Å²) in [5.74, 6) is 0. The van der Waals surface area contributed by atoms with Crippen LogP contribution in [0.2, 0.25) is 0 Å². The summed E-state index contributed by atoms with van der Waals surface area (Å²) >= 11 is 5.71. The van der Waals surface area contributed by atoms with Crippen molar-refractivity contribution in [1.82, 2.24) is 4.90 Å². The molecule has 1 saturated heterocycles. The van der Waals surface area contributed by atoms with Crippen LogP contribution in [-0.2, 0) is 4.74 Å². The maximum absolute atomic E-state index is 8.50. The molecular formula is C8H13ClN2O. The van der Waals surface area contributed by atoms with E-state index in [-0.39, 0.29) is 5.38 Å². The van der Waals surface area contributed by atoms with Gasteiger partial charge >= 0.3 is 0 Å². The number of halogens is 1. The van der Waals surface area contributed by atoms with Crippen LogP contribution in [0.3, 0.4) is 0 Å². The van der Waals surface area contributed by atoms with Crippen molar-refractivity contribution >= 4 is 11.6 Å². The molecule has 1 fully saturated rings. The lowest BCUT2D eigenvalue weighted by atomic mass is 10.3. The summed E-state index contributed by atoms with van der Waals surface area (Å²) in [4.78, 5) is 2.17. The first-order valence-electron chi connectivity index (χ1n) is 4.16. The van der Waals surface area contributed by atoms with E-state index in [9.17, 15) is 0 Å². The van der Waals surface area contributed by atoms with Gasteiger partial charge in [0, 0.05) is 26.2 Å². The van der Waals surface area contributed by atoms with Crippen LogP contribution in [0.1, 0.15) is 6.42 Å². The van der Waals surface area contributed by atoms with E-state index in [1.54, 1.807) is 0 Å². The Bertz CT molecular complexity index is 161. The zero-order chi connectivity index (χ0) is 8.81. The Morgan fingerprint density at radius 3 is 3.08 bits per heavy atom. The molecule has 0 spiro atoms. The zero-order valence-corrected chi connectivity index (χ0v) is 7.76. The number of ether oxygens (including phenoxy) is 1. The minimum atomic E-state index is -0.386. The predicted molar refractivity (Wildman–Crippen MR) is 47.1 cm³/mol. The Kier molecular flexibility index (Phi) is 4.37. The van der Waals surface area contributed by atoms with E-state index in [1.807, 2.05) is 6.07 Å². The van der Waals surface area contributed by atoms with E-state index in [4.69, 9.17) is 21.6 Å². The number of alkyl halides is 1. The normalized spacial score (nSPS) is 22.7. The molecule has 0 saturated carbocycles. The molecule has 1 unspecified atom stereocenters. The second kappa shape index (κ2) is 5.36. The molecule has 1 aliphatic rings. The lowest BCUT2D eigenvalue weighted by Gasteiger charge is -2.18. The van der Waals surface area contributed by atoms with Gasteiger partial charge in [0.2, 0.25) is 0 Å². The van der Waals surface area contributed by atoms with Crippen LogP contribution in [0.4, 0.5) is 0 Å². The number of rotatable bonds is 2. The summed E-state index contributed by atoms with van der Waals surface area (Å²) in [5.41, 5.74) is 0. The van der Waals surface area contributed by atoms with Crippen molar-refractivity contribution in [3.8, 4) is 6.07 Å². The van der Waals surface area contributed by atoms with Gasteiger partial charge in [-0.3, -0.25) is 4.90 Å². The second-order valence-corrected chi connectivity index (χ2v) is 3.39. The minimum Gasteiger partial charge on any atom is -0.380 e. The Labute approximate surface area is 77.9 Å². The fourth-order valence-electron chi connectivity index (χ4n) is 1.25. The van der Waals surface area contributed by atoms with Gasteiger partial charge in [0.1, 0.15) is 5.38 Å². The Balaban J connectivity index is 2.25. The Hall–Kier alpha value is -0.300. The largest absolute Gasteiger partial charge is 0.380 e. The van der Waals surface area contributed by atoms with E-state index in [1.165, 1.54) is 0 Å². The molecule has 4 heteroatoms. The smallest absolute Gasteiger partial charge is 0.133 e. The average molecular weight is 189 g/mol. The number of nitriles is 1. The van der Waals surface area contributed by atoms with Crippen LogP contribution in [0.15, 0.2) is 0 Å². The molecule has 1 rings (SSSR count). The standard InChI is InChI=1S/C8H13ClN2O/c9-8(6-10)7-11-2-1-4-12-5-3-11/h8H,1-5,7H2. The van der Waals surface area contributed by atoms with Crippen molar-refractivity contribution < 1.29 is 4.74 Å². The first-order chi connectivity index (χ1) is 5.83. The quantitative estimate of drug-likeness (QED) is 0.603. The first-order valence-corrected chi connectivity index (χ1v) is 4.60. The molecule has 0 bridgehead atoms. The van der Waals surface area contributed by atoms with Gasteiger partial charge in [-0.25, -0.2) is 0 Å². The minimum absolute atomic E-state index is 0.386. The molecule has 0 aliphatic carbocycles. The Morgan fingerprint density at radius 2 is 2.33 bits per heavy atom. The molecule has 1 aliphatic heterocycles. The zero-order valence-electron chi connectivity index (χ0n) is 7.00. The summed E-state index contributed by atoms with van der Waals surface area (Å²) in [6, 6.07) is 2.02. The summed E-state index contributed by atoms with van der Waals surface area (Å²) in [5, 5.41) is 8.11. The SMILES string of the molecule is N#CC(Cl)CN1CCCOCC1. The molecule has 1 heterocycles. The van der Waals surface area contributed by atoms with Crippen molar-refractivity contribution in [1.29, 1.82) is 5.26 Å². The number of hydrogen-bond donors (Lipinski definition) is 0. The first kappa shape index (κ1) is 9.79. The lowest BCUT2D eigenvalue weighted by molar-refractivity contribution is 0.142. The van der Waals surface area contributed by atoms with Gasteiger partial charge in [0.25, 0.3) is 0 Å². The fourth-order valence-corrected chi connectivity index (χ4v) is 1.44. The van der Waals surface area contributed by atoms with Crippen molar-refractivity contribution in [2.24, 2.45) is 0 Å². The van der Waals surface area contributed by atoms with Crippen LogP contribution in [0, 0.1) is 11.3 Å². The highest BCUT2D eigenvalue weighted by molar-refractivity contribution is 6.22. The van der Waals surface area contributed by atoms with Gasteiger partial charge in [0.15, 0.2) is 0 Å². The van der Waals surface area contributed by atoms with Crippen LogP contribution in [0.25, 0.3) is 0 Å². The molecule has 1 atom stereocenters. The van der Waals surface area contributed by atoms with Crippen molar-refractivity contribution in [3.63, 3.8) is 0 Å². The molecule has 68 valence electrons.